The molecule has 0 aliphatic heterocycles. The van der Waals surface area contributed by atoms with Crippen LogP contribution in [0.2, 0.25) is 0 Å². The van der Waals surface area contributed by atoms with Gasteiger partial charge in [-0.1, -0.05) is 157 Å². The standard InChI is InChI=1S/C49H85O12P/c1-3-5-7-9-11-13-15-17-19-20-21-22-23-24-25-26-28-30-32-34-36-38-43(50)60-42(40-58-39-37-35-33-31-29-27-18-16-14-12-10-8-6-4-2)41-59-62(56,57)61-49-47(54)45(52)44(51)46(53)48(49)55/h6,8,12,14-15,17-18,20-21,27,31,33,42,44-49,51-55H,3-5,7,9-11,13,16,19,22-26,28-30,32,34-41H2,1-2H3,(H,56,57)/b8-6-,14-12-,17-15-,21-20-,27-18-,33-31-. The molecule has 1 aliphatic carbocycles. The Labute approximate surface area is 374 Å². The summed E-state index contributed by atoms with van der Waals surface area (Å²) in [6.07, 6.45) is 38.4. The van der Waals surface area contributed by atoms with E-state index in [0.29, 0.717) is 19.4 Å². The van der Waals surface area contributed by atoms with Gasteiger partial charge in [-0.25, -0.2) is 4.57 Å². The van der Waals surface area contributed by atoms with Crippen LogP contribution in [0.3, 0.4) is 0 Å². The van der Waals surface area contributed by atoms with Gasteiger partial charge in [0, 0.05) is 13.0 Å². The largest absolute Gasteiger partial charge is 0.472 e. The van der Waals surface area contributed by atoms with E-state index in [0.717, 1.165) is 64.2 Å². The number of rotatable bonds is 39. The molecule has 358 valence electrons. The first kappa shape index (κ1) is 57.8. The predicted molar refractivity (Wildman–Crippen MR) is 248 cm³/mol. The zero-order valence-corrected chi connectivity index (χ0v) is 39.0. The molecule has 6 unspecified atom stereocenters. The summed E-state index contributed by atoms with van der Waals surface area (Å²) in [5.74, 6) is -0.503. The van der Waals surface area contributed by atoms with Crippen molar-refractivity contribution >= 4 is 13.8 Å². The minimum atomic E-state index is -5.04. The lowest BCUT2D eigenvalue weighted by molar-refractivity contribution is -0.220. The molecular formula is C49H85O12P. The smallest absolute Gasteiger partial charge is 0.457 e. The zero-order chi connectivity index (χ0) is 45.5. The lowest BCUT2D eigenvalue weighted by Crippen LogP contribution is -2.64. The number of aliphatic hydroxyl groups excluding tert-OH is 5. The summed E-state index contributed by atoms with van der Waals surface area (Å²) < 4.78 is 34.1. The molecule has 1 aliphatic rings. The van der Waals surface area contributed by atoms with Crippen molar-refractivity contribution in [2.24, 2.45) is 0 Å². The van der Waals surface area contributed by atoms with Crippen LogP contribution >= 0.6 is 7.82 Å². The van der Waals surface area contributed by atoms with Gasteiger partial charge in [0.1, 0.15) is 42.7 Å². The zero-order valence-electron chi connectivity index (χ0n) is 38.1. The van der Waals surface area contributed by atoms with E-state index in [1.807, 2.05) is 0 Å². The van der Waals surface area contributed by atoms with E-state index in [1.54, 1.807) is 0 Å². The molecule has 0 saturated heterocycles. The number of hydrogen-bond acceptors (Lipinski definition) is 11. The van der Waals surface area contributed by atoms with Gasteiger partial charge in [-0.2, -0.15) is 0 Å². The maximum absolute atomic E-state index is 12.8. The number of allylic oxidation sites excluding steroid dienone is 12. The van der Waals surface area contributed by atoms with Crippen molar-refractivity contribution < 1.29 is 58.3 Å². The third-order valence-corrected chi connectivity index (χ3v) is 11.5. The summed E-state index contributed by atoms with van der Waals surface area (Å²) in [5.41, 5.74) is 0. The van der Waals surface area contributed by atoms with Gasteiger partial charge in [0.2, 0.25) is 0 Å². The van der Waals surface area contributed by atoms with E-state index in [1.165, 1.54) is 70.6 Å². The van der Waals surface area contributed by atoms with Crippen molar-refractivity contribution in [2.75, 3.05) is 19.8 Å². The molecule has 0 aromatic carbocycles. The van der Waals surface area contributed by atoms with Crippen molar-refractivity contribution in [1.82, 2.24) is 0 Å². The number of aliphatic hydroxyl groups is 5. The van der Waals surface area contributed by atoms with Crippen molar-refractivity contribution in [3.63, 3.8) is 0 Å². The van der Waals surface area contributed by atoms with Crippen LogP contribution < -0.4 is 0 Å². The lowest BCUT2D eigenvalue weighted by Gasteiger charge is -2.41. The van der Waals surface area contributed by atoms with Crippen LogP contribution in [-0.4, -0.2) is 98.9 Å². The Balaban J connectivity index is 2.40. The second-order valence-corrected chi connectivity index (χ2v) is 17.6. The summed E-state index contributed by atoms with van der Waals surface area (Å²) in [4.78, 5) is 23.2. The van der Waals surface area contributed by atoms with Crippen LogP contribution in [0, 0.1) is 0 Å². The van der Waals surface area contributed by atoms with Gasteiger partial charge in [0.15, 0.2) is 0 Å². The summed E-state index contributed by atoms with van der Waals surface area (Å²) in [6, 6.07) is 0. The molecule has 0 heterocycles. The topological polar surface area (TPSA) is 192 Å². The van der Waals surface area contributed by atoms with Gasteiger partial charge >= 0.3 is 13.8 Å². The Morgan fingerprint density at radius 2 is 0.952 bits per heavy atom. The van der Waals surface area contributed by atoms with E-state index in [2.05, 4.69) is 86.8 Å². The Morgan fingerprint density at radius 1 is 0.532 bits per heavy atom. The van der Waals surface area contributed by atoms with E-state index in [-0.39, 0.29) is 13.0 Å². The van der Waals surface area contributed by atoms with Crippen molar-refractivity contribution in [3.8, 4) is 0 Å². The van der Waals surface area contributed by atoms with Gasteiger partial charge in [-0.15, -0.1) is 0 Å². The summed E-state index contributed by atoms with van der Waals surface area (Å²) in [6.45, 7) is 3.98. The summed E-state index contributed by atoms with van der Waals surface area (Å²) in [7, 11) is -5.04. The van der Waals surface area contributed by atoms with E-state index in [4.69, 9.17) is 18.5 Å². The fraction of sp³-hybridized carbons (Fsp3) is 0.735. The summed E-state index contributed by atoms with van der Waals surface area (Å²) in [5, 5.41) is 50.2. The highest BCUT2D eigenvalue weighted by Crippen LogP contribution is 2.47. The molecule has 0 radical (unpaired) electrons. The molecule has 0 spiro atoms. The maximum Gasteiger partial charge on any atom is 0.472 e. The Morgan fingerprint density at radius 3 is 1.45 bits per heavy atom. The minimum Gasteiger partial charge on any atom is -0.457 e. The van der Waals surface area contributed by atoms with Crippen LogP contribution in [0.4, 0.5) is 0 Å². The number of phosphoric ester groups is 1. The molecule has 1 fully saturated rings. The van der Waals surface area contributed by atoms with Gasteiger partial charge in [-0.3, -0.25) is 13.8 Å². The average molecular weight is 897 g/mol. The fourth-order valence-corrected chi connectivity index (χ4v) is 7.77. The number of phosphoric acid groups is 1. The van der Waals surface area contributed by atoms with Gasteiger partial charge in [0.25, 0.3) is 0 Å². The number of carbonyl (C=O) groups is 1. The molecule has 13 heteroatoms. The molecule has 0 amide bonds. The minimum absolute atomic E-state index is 0.120. The molecule has 62 heavy (non-hydrogen) atoms. The Hall–Kier alpha value is -2.22. The van der Waals surface area contributed by atoms with Crippen LogP contribution in [-0.2, 0) is 27.9 Å². The SMILES string of the molecule is CC/C=C\C/C=C\C/C=C\C/C=C\CCCOCC(COP(=O)(O)OC1C(O)C(O)C(O)C(O)C1O)OC(=O)CCCCCCCCCCC/C=C\C/C=C\CCCCCCC. The second-order valence-electron chi connectivity index (χ2n) is 16.2. The van der Waals surface area contributed by atoms with Crippen molar-refractivity contribution in [2.45, 2.75) is 211 Å². The number of carbonyl (C=O) groups excluding carboxylic acids is 1. The monoisotopic (exact) mass is 897 g/mol. The summed E-state index contributed by atoms with van der Waals surface area (Å²) >= 11 is 0. The normalized spacial score (nSPS) is 22.6. The molecule has 6 atom stereocenters. The quantitative estimate of drug-likeness (QED) is 0.0148. The van der Waals surface area contributed by atoms with Gasteiger partial charge in [-0.05, 0) is 77.0 Å². The molecule has 0 aromatic heterocycles. The number of ether oxygens (including phenoxy) is 2. The van der Waals surface area contributed by atoms with E-state index < -0.39 is 63.1 Å². The third kappa shape index (κ3) is 30.8. The molecule has 6 N–H and O–H groups in total. The number of esters is 1. The van der Waals surface area contributed by atoms with Gasteiger partial charge < -0.3 is 39.9 Å². The highest BCUT2D eigenvalue weighted by atomic mass is 31.2. The molecule has 1 rings (SSSR count). The highest BCUT2D eigenvalue weighted by molar-refractivity contribution is 7.47. The highest BCUT2D eigenvalue weighted by Gasteiger charge is 2.51. The van der Waals surface area contributed by atoms with Crippen LogP contribution in [0.5, 0.6) is 0 Å². The van der Waals surface area contributed by atoms with Crippen LogP contribution in [0.15, 0.2) is 72.9 Å². The van der Waals surface area contributed by atoms with E-state index >= 15 is 0 Å². The first-order chi connectivity index (χ1) is 30.0. The number of unbranched alkanes of at least 4 members (excludes halogenated alkanes) is 15. The Kier molecular flexibility index (Phi) is 36.5. The van der Waals surface area contributed by atoms with Crippen LogP contribution in [0.1, 0.15) is 168 Å². The van der Waals surface area contributed by atoms with Gasteiger partial charge in [0.05, 0.1) is 13.2 Å². The molecule has 12 nitrogen and oxygen atoms in total. The Bertz CT molecular complexity index is 1300. The lowest BCUT2D eigenvalue weighted by atomic mass is 9.85. The predicted octanol–water partition coefficient (Wildman–Crippen LogP) is 9.97. The van der Waals surface area contributed by atoms with Crippen molar-refractivity contribution in [1.29, 1.82) is 0 Å². The molecule has 0 bridgehead atoms. The maximum atomic E-state index is 12.8. The van der Waals surface area contributed by atoms with Crippen molar-refractivity contribution in [3.05, 3.63) is 72.9 Å². The average Bonchev–Trinajstić information content (AvgIpc) is 3.26. The third-order valence-electron chi connectivity index (χ3n) is 10.6. The molecule has 1 saturated carbocycles. The first-order valence-corrected chi connectivity index (χ1v) is 25.3. The van der Waals surface area contributed by atoms with E-state index in [9.17, 15) is 39.8 Å². The molecular weight excluding hydrogens is 812 g/mol. The van der Waals surface area contributed by atoms with Crippen LogP contribution in [0.25, 0.3) is 0 Å². The first-order valence-electron chi connectivity index (χ1n) is 23.8. The fourth-order valence-electron chi connectivity index (χ4n) is 6.80. The molecule has 0 aromatic rings. The number of hydrogen-bond donors (Lipinski definition) is 6. The second kappa shape index (κ2) is 39.2.